The molecule has 2 aromatic rings. The molecule has 0 saturated heterocycles. The van der Waals surface area contributed by atoms with Crippen LogP contribution < -0.4 is 5.73 Å². The number of nitrogens with zero attached hydrogens (tertiary/aromatic N) is 3. The largest absolute Gasteiger partial charge is 0.387 e. The van der Waals surface area contributed by atoms with Crippen molar-refractivity contribution in [2.75, 3.05) is 0 Å². The first-order valence-corrected chi connectivity index (χ1v) is 10.2. The van der Waals surface area contributed by atoms with E-state index < -0.39 is 0 Å². The van der Waals surface area contributed by atoms with Gasteiger partial charge in [-0.05, 0) is 12.8 Å². The molecule has 0 amide bonds. The Bertz CT molecular complexity index is 915. The number of thiol groups is 1. The average Bonchev–Trinajstić information content (AvgIpc) is 3.12. The molecule has 0 bridgehead atoms. The molecule has 1 aliphatic heterocycles. The van der Waals surface area contributed by atoms with Gasteiger partial charge in [0.15, 0.2) is 0 Å². The Kier molecular flexibility index (Phi) is 4.60. The molecule has 2 N–H and O–H groups in total. The molecule has 1 aromatic carbocycles. The van der Waals surface area contributed by atoms with Crippen LogP contribution in [0.3, 0.4) is 0 Å². The summed E-state index contributed by atoms with van der Waals surface area (Å²) in [7, 11) is 0. The zero-order valence-corrected chi connectivity index (χ0v) is 16.1. The minimum atomic E-state index is -0.318. The SMILES string of the molecule is N#CC1=C(S)N=C(N)C(c2nc(-c3ccccc3)cs2)C12CCCCC2. The summed E-state index contributed by atoms with van der Waals surface area (Å²) in [6.45, 7) is 0. The van der Waals surface area contributed by atoms with Crippen molar-refractivity contribution in [3.05, 3.63) is 51.3 Å². The van der Waals surface area contributed by atoms with E-state index >= 15 is 0 Å². The minimum absolute atomic E-state index is 0.143. The molecule has 1 atom stereocenters. The van der Waals surface area contributed by atoms with Gasteiger partial charge in [-0.3, -0.25) is 0 Å². The van der Waals surface area contributed by atoms with Gasteiger partial charge >= 0.3 is 0 Å². The fourth-order valence-electron chi connectivity index (χ4n) is 4.30. The number of aliphatic imine (C=N–C) groups is 1. The monoisotopic (exact) mass is 380 g/mol. The standard InChI is InChI=1S/C20H20N4S2/c21-11-14-18(25)24-17(22)16(20(14)9-5-2-6-10-20)19-23-15(12-26-19)13-7-3-1-4-8-13/h1,3-4,7-8,12,16,25H,2,5-6,9-10H2,(H2,22,24). The number of hydrogen-bond acceptors (Lipinski definition) is 6. The van der Waals surface area contributed by atoms with Gasteiger partial charge in [0, 0.05) is 16.4 Å². The molecule has 1 spiro atoms. The van der Waals surface area contributed by atoms with E-state index in [0.29, 0.717) is 16.4 Å². The Morgan fingerprint density at radius 3 is 2.62 bits per heavy atom. The third-order valence-electron chi connectivity index (χ3n) is 5.50. The van der Waals surface area contributed by atoms with Gasteiger partial charge in [0.1, 0.15) is 15.9 Å². The van der Waals surface area contributed by atoms with Crippen LogP contribution in [-0.2, 0) is 0 Å². The Hall–Kier alpha value is -2.10. The number of hydrogen-bond donors (Lipinski definition) is 2. The van der Waals surface area contributed by atoms with Crippen molar-refractivity contribution in [3.8, 4) is 17.3 Å². The van der Waals surface area contributed by atoms with Crippen molar-refractivity contribution in [1.29, 1.82) is 5.26 Å². The van der Waals surface area contributed by atoms with Crippen LogP contribution in [0.15, 0.2) is 51.3 Å². The number of benzene rings is 1. The summed E-state index contributed by atoms with van der Waals surface area (Å²) in [6.07, 6.45) is 5.24. The maximum atomic E-state index is 9.83. The molecule has 4 rings (SSSR count). The van der Waals surface area contributed by atoms with Gasteiger partial charge in [0.05, 0.1) is 23.3 Å². The van der Waals surface area contributed by atoms with Crippen molar-refractivity contribution >= 4 is 29.8 Å². The molecule has 26 heavy (non-hydrogen) atoms. The lowest BCUT2D eigenvalue weighted by molar-refractivity contribution is 0.224. The average molecular weight is 381 g/mol. The molecular weight excluding hydrogens is 360 g/mol. The lowest BCUT2D eigenvalue weighted by atomic mass is 9.61. The Labute approximate surface area is 162 Å². The summed E-state index contributed by atoms with van der Waals surface area (Å²) >= 11 is 6.08. The summed E-state index contributed by atoms with van der Waals surface area (Å²) in [5.41, 5.74) is 8.79. The van der Waals surface area contributed by atoms with Crippen LogP contribution in [0, 0.1) is 16.7 Å². The normalized spacial score (nSPS) is 22.2. The Morgan fingerprint density at radius 2 is 1.92 bits per heavy atom. The molecule has 6 heteroatoms. The Balaban J connectivity index is 1.81. The number of amidine groups is 1. The van der Waals surface area contributed by atoms with E-state index in [0.717, 1.165) is 41.9 Å². The molecule has 1 saturated carbocycles. The highest BCUT2D eigenvalue weighted by atomic mass is 32.1. The number of thiazole rings is 1. The lowest BCUT2D eigenvalue weighted by Crippen LogP contribution is -2.43. The molecule has 4 nitrogen and oxygen atoms in total. The van der Waals surface area contributed by atoms with Crippen molar-refractivity contribution in [3.63, 3.8) is 0 Å². The summed E-state index contributed by atoms with van der Waals surface area (Å²) in [5.74, 6) is 0.390. The number of aromatic nitrogens is 1. The van der Waals surface area contributed by atoms with Gasteiger partial charge < -0.3 is 5.73 Å². The molecule has 1 aliphatic carbocycles. The van der Waals surface area contributed by atoms with Crippen LogP contribution >= 0.6 is 24.0 Å². The highest BCUT2D eigenvalue weighted by Crippen LogP contribution is 2.56. The predicted octanol–water partition coefficient (Wildman–Crippen LogP) is 4.88. The van der Waals surface area contributed by atoms with Gasteiger partial charge in [0.25, 0.3) is 0 Å². The highest BCUT2D eigenvalue weighted by Gasteiger charge is 2.50. The van der Waals surface area contributed by atoms with Gasteiger partial charge in [-0.25, -0.2) is 9.98 Å². The van der Waals surface area contributed by atoms with Crippen molar-refractivity contribution in [2.45, 2.75) is 38.0 Å². The van der Waals surface area contributed by atoms with Crippen LogP contribution in [0.2, 0.25) is 0 Å². The first kappa shape index (κ1) is 17.3. The maximum absolute atomic E-state index is 9.83. The van der Waals surface area contributed by atoms with E-state index in [9.17, 15) is 5.26 Å². The number of nitrogens with two attached hydrogens (primary N) is 1. The summed E-state index contributed by atoms with van der Waals surface area (Å²) < 4.78 is 0. The smallest absolute Gasteiger partial charge is 0.111 e. The van der Waals surface area contributed by atoms with E-state index in [1.807, 2.05) is 18.2 Å². The first-order chi connectivity index (χ1) is 12.7. The second-order valence-corrected chi connectivity index (χ2v) is 8.25. The molecule has 0 radical (unpaired) electrons. The second kappa shape index (κ2) is 6.90. The molecule has 2 heterocycles. The topological polar surface area (TPSA) is 75.1 Å². The Morgan fingerprint density at radius 1 is 1.19 bits per heavy atom. The van der Waals surface area contributed by atoms with Crippen molar-refractivity contribution in [2.24, 2.45) is 16.1 Å². The summed E-state index contributed by atoms with van der Waals surface area (Å²) in [6, 6.07) is 12.5. The number of rotatable bonds is 2. The highest BCUT2D eigenvalue weighted by molar-refractivity contribution is 7.84. The van der Waals surface area contributed by atoms with E-state index in [1.165, 1.54) is 6.42 Å². The maximum Gasteiger partial charge on any atom is 0.111 e. The number of allylic oxidation sites excluding steroid dienone is 1. The lowest BCUT2D eigenvalue weighted by Gasteiger charge is -2.44. The fraction of sp³-hybridized carbons (Fsp3) is 0.350. The van der Waals surface area contributed by atoms with Crippen molar-refractivity contribution in [1.82, 2.24) is 4.98 Å². The van der Waals surface area contributed by atoms with Crippen LogP contribution in [0.25, 0.3) is 11.3 Å². The molecule has 132 valence electrons. The number of nitriles is 1. The van der Waals surface area contributed by atoms with E-state index in [4.69, 9.17) is 10.7 Å². The van der Waals surface area contributed by atoms with Crippen molar-refractivity contribution < 1.29 is 0 Å². The first-order valence-electron chi connectivity index (χ1n) is 8.84. The third-order valence-corrected chi connectivity index (χ3v) is 6.73. The van der Waals surface area contributed by atoms with E-state index in [-0.39, 0.29) is 11.3 Å². The fourth-order valence-corrected chi connectivity index (χ4v) is 5.74. The van der Waals surface area contributed by atoms with Crippen LogP contribution in [0.1, 0.15) is 43.0 Å². The third kappa shape index (κ3) is 2.76. The molecule has 2 aliphatic rings. The predicted molar refractivity (Wildman–Crippen MR) is 109 cm³/mol. The second-order valence-electron chi connectivity index (χ2n) is 6.93. The quantitative estimate of drug-likeness (QED) is 0.729. The molecular formula is C20H20N4S2. The van der Waals surface area contributed by atoms with Gasteiger partial charge in [-0.2, -0.15) is 5.26 Å². The van der Waals surface area contributed by atoms with Gasteiger partial charge in [0.2, 0.25) is 0 Å². The molecule has 1 unspecified atom stereocenters. The minimum Gasteiger partial charge on any atom is -0.387 e. The van der Waals surface area contributed by atoms with Crippen LogP contribution in [-0.4, -0.2) is 10.8 Å². The van der Waals surface area contributed by atoms with E-state index in [2.05, 4.69) is 41.2 Å². The van der Waals surface area contributed by atoms with E-state index in [1.54, 1.807) is 11.3 Å². The zero-order chi connectivity index (χ0) is 18.1. The van der Waals surface area contributed by atoms with Crippen LogP contribution in [0.4, 0.5) is 0 Å². The summed E-state index contributed by atoms with van der Waals surface area (Å²) in [4.78, 5) is 9.31. The molecule has 1 fully saturated rings. The van der Waals surface area contributed by atoms with Gasteiger partial charge in [-0.1, -0.05) is 49.6 Å². The zero-order valence-electron chi connectivity index (χ0n) is 14.4. The molecule has 1 aromatic heterocycles. The summed E-state index contributed by atoms with van der Waals surface area (Å²) in [5, 5.41) is 13.3. The van der Waals surface area contributed by atoms with Gasteiger partial charge in [-0.15, -0.1) is 24.0 Å². The van der Waals surface area contributed by atoms with Crippen LogP contribution in [0.5, 0.6) is 0 Å².